The van der Waals surface area contributed by atoms with Crippen LogP contribution in [0.3, 0.4) is 0 Å². The molecule has 0 radical (unpaired) electrons. The smallest absolute Gasteiger partial charge is 0.0477 e. The number of fused-ring (bicyclic) bond motifs is 1. The number of nitrogens with zero attached hydrogens (tertiary/aromatic N) is 3. The Morgan fingerprint density at radius 1 is 1.21 bits per heavy atom. The highest BCUT2D eigenvalue weighted by molar-refractivity contribution is 7.05. The molecular weight excluding hydrogens is 374 g/mol. The molecule has 1 unspecified atom stereocenters. The average Bonchev–Trinajstić information content (AvgIpc) is 3.37. The van der Waals surface area contributed by atoms with Crippen LogP contribution < -0.4 is 0 Å². The molecule has 4 rings (SSSR count). The molecule has 0 saturated carbocycles. The first kappa shape index (κ1) is 20.1. The largest absolute Gasteiger partial charge is 0.361 e. The van der Waals surface area contributed by atoms with Crippen LogP contribution >= 0.6 is 11.5 Å². The van der Waals surface area contributed by atoms with Gasteiger partial charge in [-0.3, -0.25) is 4.90 Å². The number of benzene rings is 1. The van der Waals surface area contributed by atoms with Crippen LogP contribution in [0.15, 0.2) is 62.4 Å². The van der Waals surface area contributed by atoms with Crippen LogP contribution in [0.25, 0.3) is 5.70 Å². The van der Waals surface area contributed by atoms with Crippen molar-refractivity contribution in [3.63, 3.8) is 0 Å². The molecule has 29 heavy (non-hydrogen) atoms. The zero-order valence-electron chi connectivity index (χ0n) is 17.2. The Morgan fingerprint density at radius 2 is 2.03 bits per heavy atom. The van der Waals surface area contributed by atoms with Gasteiger partial charge in [0.05, 0.1) is 0 Å². The highest BCUT2D eigenvalue weighted by Crippen LogP contribution is 2.38. The van der Waals surface area contributed by atoms with E-state index in [0.29, 0.717) is 12.0 Å². The van der Waals surface area contributed by atoms with Crippen LogP contribution in [0.5, 0.6) is 0 Å². The van der Waals surface area contributed by atoms with Gasteiger partial charge < -0.3 is 4.90 Å². The van der Waals surface area contributed by atoms with Crippen molar-refractivity contribution in [2.45, 2.75) is 50.7 Å². The van der Waals surface area contributed by atoms with Gasteiger partial charge in [-0.1, -0.05) is 36.9 Å². The summed E-state index contributed by atoms with van der Waals surface area (Å²) in [6.07, 6.45) is 10.5. The fourth-order valence-corrected chi connectivity index (χ4v) is 5.31. The lowest BCUT2D eigenvalue weighted by Gasteiger charge is -2.32. The molecule has 3 heterocycles. The lowest BCUT2D eigenvalue weighted by molar-refractivity contribution is 0.206. The predicted molar refractivity (Wildman–Crippen MR) is 124 cm³/mol. The van der Waals surface area contributed by atoms with Gasteiger partial charge in [0, 0.05) is 41.5 Å². The molecule has 0 N–H and O–H groups in total. The van der Waals surface area contributed by atoms with Crippen molar-refractivity contribution in [3.8, 4) is 0 Å². The summed E-state index contributed by atoms with van der Waals surface area (Å²) in [7, 11) is 0. The fraction of sp³-hybridized carbons (Fsp3) is 0.400. The molecule has 2 aliphatic rings. The first-order valence-electron chi connectivity index (χ1n) is 10.6. The molecule has 1 fully saturated rings. The van der Waals surface area contributed by atoms with Gasteiger partial charge in [0.15, 0.2) is 0 Å². The number of likely N-dealkylation sites (tertiary alicyclic amines) is 1. The summed E-state index contributed by atoms with van der Waals surface area (Å²) in [4.78, 5) is 6.34. The number of allylic oxidation sites excluding steroid dienone is 1. The summed E-state index contributed by atoms with van der Waals surface area (Å²) in [5, 5.41) is 0. The summed E-state index contributed by atoms with van der Waals surface area (Å²) in [6, 6.07) is 9.54. The predicted octanol–water partition coefficient (Wildman–Crippen LogP) is 5.83. The van der Waals surface area contributed by atoms with Gasteiger partial charge in [0.25, 0.3) is 0 Å². The van der Waals surface area contributed by atoms with E-state index in [0.717, 1.165) is 31.6 Å². The minimum absolute atomic E-state index is 0.325. The van der Waals surface area contributed by atoms with Crippen molar-refractivity contribution in [2.75, 3.05) is 13.1 Å². The summed E-state index contributed by atoms with van der Waals surface area (Å²) in [6.45, 7) is 16.6. The Bertz CT molecular complexity index is 862. The maximum atomic E-state index is 4.38. The van der Waals surface area contributed by atoms with Gasteiger partial charge in [0.2, 0.25) is 0 Å². The second-order valence-electron chi connectivity index (χ2n) is 8.19. The van der Waals surface area contributed by atoms with E-state index in [2.05, 4.69) is 64.3 Å². The van der Waals surface area contributed by atoms with Crippen LogP contribution in [-0.2, 0) is 13.1 Å². The van der Waals surface area contributed by atoms with Gasteiger partial charge in [-0.05, 0) is 73.4 Å². The molecule has 3 nitrogen and oxygen atoms in total. The Hall–Kier alpha value is -2.17. The first-order chi connectivity index (χ1) is 14.2. The van der Waals surface area contributed by atoms with Crippen molar-refractivity contribution < 1.29 is 0 Å². The second-order valence-corrected chi connectivity index (χ2v) is 9.11. The van der Waals surface area contributed by atoms with Gasteiger partial charge in [-0.2, -0.15) is 0 Å². The highest BCUT2D eigenvalue weighted by Gasteiger charge is 2.28. The third kappa shape index (κ3) is 4.39. The number of piperidine rings is 1. The summed E-state index contributed by atoms with van der Waals surface area (Å²) >= 11 is 1.62. The average molecular weight is 406 g/mol. The lowest BCUT2D eigenvalue weighted by atomic mass is 9.88. The number of hydrogen-bond acceptors (Lipinski definition) is 4. The van der Waals surface area contributed by atoms with E-state index in [1.54, 1.807) is 11.5 Å². The minimum atomic E-state index is 0.325. The van der Waals surface area contributed by atoms with Gasteiger partial charge in [-0.25, -0.2) is 4.37 Å². The van der Waals surface area contributed by atoms with E-state index in [1.165, 1.54) is 47.5 Å². The molecule has 0 amide bonds. The molecule has 4 heteroatoms. The van der Waals surface area contributed by atoms with Crippen LogP contribution in [0, 0.1) is 0 Å². The van der Waals surface area contributed by atoms with Gasteiger partial charge >= 0.3 is 0 Å². The van der Waals surface area contributed by atoms with Crippen LogP contribution in [0.2, 0.25) is 0 Å². The molecule has 2 aromatic rings. The first-order valence-corrected chi connectivity index (χ1v) is 11.4. The standard InChI is InChI=1S/C25H31N3S/c1-4-6-7-23(5-2)28-17-22-16-21(8-9-25(22)19(28)3)20-11-14-27(15-12-20)18-24-10-13-26-29-24/h4-5,8-10,13,16,20,23H,1-3,6-7,11-12,14-15,17-18H2. The SMILES string of the molecule is C=CCCC(C=C)N1Cc2cc(C3CCN(Cc4ccns4)CC3)ccc2C1=C. The van der Waals surface area contributed by atoms with Gasteiger partial charge in [-0.15, -0.1) is 13.2 Å². The molecule has 1 saturated heterocycles. The zero-order chi connectivity index (χ0) is 20.2. The van der Waals surface area contributed by atoms with Crippen molar-refractivity contribution in [2.24, 2.45) is 0 Å². The third-order valence-electron chi connectivity index (χ3n) is 6.40. The van der Waals surface area contributed by atoms with Gasteiger partial charge in [0.1, 0.15) is 0 Å². The summed E-state index contributed by atoms with van der Waals surface area (Å²) in [5.74, 6) is 0.663. The van der Waals surface area contributed by atoms with E-state index < -0.39 is 0 Å². The Balaban J connectivity index is 1.40. The highest BCUT2D eigenvalue weighted by atomic mass is 32.1. The monoisotopic (exact) mass is 405 g/mol. The normalized spacial score (nSPS) is 18.6. The number of hydrogen-bond donors (Lipinski definition) is 0. The van der Waals surface area contributed by atoms with E-state index in [4.69, 9.17) is 0 Å². The van der Waals surface area contributed by atoms with Crippen molar-refractivity contribution >= 4 is 17.2 Å². The number of aromatic nitrogens is 1. The molecule has 1 aromatic carbocycles. The van der Waals surface area contributed by atoms with Crippen molar-refractivity contribution in [3.05, 3.63) is 83.9 Å². The fourth-order valence-electron chi connectivity index (χ4n) is 4.69. The molecule has 152 valence electrons. The third-order valence-corrected chi connectivity index (χ3v) is 7.12. The Morgan fingerprint density at radius 3 is 2.72 bits per heavy atom. The zero-order valence-corrected chi connectivity index (χ0v) is 18.0. The quantitative estimate of drug-likeness (QED) is 0.515. The van der Waals surface area contributed by atoms with E-state index in [-0.39, 0.29) is 0 Å². The van der Waals surface area contributed by atoms with Crippen LogP contribution in [-0.4, -0.2) is 33.3 Å². The topological polar surface area (TPSA) is 19.4 Å². The molecule has 0 aliphatic carbocycles. The number of rotatable bonds is 8. The Labute approximate surface area is 179 Å². The van der Waals surface area contributed by atoms with Crippen molar-refractivity contribution in [1.82, 2.24) is 14.2 Å². The van der Waals surface area contributed by atoms with Crippen LogP contribution in [0.1, 0.15) is 53.2 Å². The maximum absolute atomic E-state index is 4.38. The minimum Gasteiger partial charge on any atom is -0.361 e. The molecule has 1 atom stereocenters. The van der Waals surface area contributed by atoms with E-state index >= 15 is 0 Å². The molecule has 0 bridgehead atoms. The summed E-state index contributed by atoms with van der Waals surface area (Å²) in [5.41, 5.74) is 5.36. The van der Waals surface area contributed by atoms with E-state index in [9.17, 15) is 0 Å². The van der Waals surface area contributed by atoms with Crippen LogP contribution in [0.4, 0.5) is 0 Å². The Kier molecular flexibility index (Phi) is 6.31. The summed E-state index contributed by atoms with van der Waals surface area (Å²) < 4.78 is 4.22. The molecule has 2 aliphatic heterocycles. The maximum Gasteiger partial charge on any atom is 0.0477 e. The molecule has 1 aromatic heterocycles. The molecule has 0 spiro atoms. The second kappa shape index (κ2) is 9.10. The lowest BCUT2D eigenvalue weighted by Crippen LogP contribution is -2.32. The van der Waals surface area contributed by atoms with Crippen molar-refractivity contribution in [1.29, 1.82) is 0 Å². The van der Waals surface area contributed by atoms with E-state index in [1.807, 2.05) is 12.3 Å². The molecular formula is C25H31N3S.